The number of piperidine rings is 1. The number of nitrogens with zero attached hydrogens (tertiary/aromatic N) is 3. The van der Waals surface area contributed by atoms with E-state index in [0.29, 0.717) is 11.1 Å². The van der Waals surface area contributed by atoms with Crippen molar-refractivity contribution in [1.82, 2.24) is 15.1 Å². The lowest BCUT2D eigenvalue weighted by Gasteiger charge is -2.29. The largest absolute Gasteiger partial charge is 0.306 e. The first-order valence-electron chi connectivity index (χ1n) is 5.51. The molecule has 0 aliphatic carbocycles. The minimum Gasteiger partial charge on any atom is -0.306 e. The normalized spacial score (nSPS) is 22.3. The average molecular weight is 305 g/mol. The van der Waals surface area contributed by atoms with Crippen molar-refractivity contribution < 1.29 is 0 Å². The molecule has 1 unspecified atom stereocenters. The summed E-state index contributed by atoms with van der Waals surface area (Å²) in [6, 6.07) is 1.98. The van der Waals surface area contributed by atoms with Gasteiger partial charge in [-0.1, -0.05) is 11.6 Å². The number of rotatable bonds is 2. The van der Waals surface area contributed by atoms with Crippen molar-refractivity contribution in [3.63, 3.8) is 0 Å². The van der Waals surface area contributed by atoms with E-state index in [1.165, 1.54) is 19.4 Å². The predicted molar refractivity (Wildman–Crippen MR) is 68.7 cm³/mol. The molecule has 1 fully saturated rings. The van der Waals surface area contributed by atoms with Crippen molar-refractivity contribution in [2.24, 2.45) is 5.92 Å². The SMILES string of the molecule is CN1CCCC(Cc2cc(Br)c(Cl)nn2)C1. The molecule has 0 aromatic carbocycles. The van der Waals surface area contributed by atoms with Crippen molar-refractivity contribution in [2.45, 2.75) is 19.3 Å². The summed E-state index contributed by atoms with van der Waals surface area (Å²) in [5.74, 6) is 0.695. The van der Waals surface area contributed by atoms with Crippen LogP contribution in [0.3, 0.4) is 0 Å². The zero-order chi connectivity index (χ0) is 11.5. The van der Waals surface area contributed by atoms with Crippen LogP contribution < -0.4 is 0 Å². The second kappa shape index (κ2) is 5.43. The lowest BCUT2D eigenvalue weighted by molar-refractivity contribution is 0.208. The number of aromatic nitrogens is 2. The number of halogens is 2. The minimum absolute atomic E-state index is 0.435. The molecule has 1 aromatic heterocycles. The van der Waals surface area contributed by atoms with Gasteiger partial charge < -0.3 is 4.90 Å². The highest BCUT2D eigenvalue weighted by molar-refractivity contribution is 9.10. The lowest BCUT2D eigenvalue weighted by atomic mass is 9.94. The molecule has 0 bridgehead atoms. The Bertz CT molecular complexity index is 372. The maximum atomic E-state index is 5.82. The van der Waals surface area contributed by atoms with Gasteiger partial charge in [0.05, 0.1) is 10.2 Å². The van der Waals surface area contributed by atoms with E-state index >= 15 is 0 Å². The van der Waals surface area contributed by atoms with Gasteiger partial charge in [0, 0.05) is 6.54 Å². The van der Waals surface area contributed by atoms with Gasteiger partial charge in [0.25, 0.3) is 0 Å². The Labute approximate surface area is 109 Å². The highest BCUT2D eigenvalue weighted by Crippen LogP contribution is 2.23. The van der Waals surface area contributed by atoms with Crippen LogP contribution in [0.15, 0.2) is 10.5 Å². The second-order valence-electron chi connectivity index (χ2n) is 4.45. The summed E-state index contributed by atoms with van der Waals surface area (Å²) in [7, 11) is 2.18. The molecule has 5 heteroatoms. The van der Waals surface area contributed by atoms with Gasteiger partial charge in [-0.05, 0) is 60.8 Å². The quantitative estimate of drug-likeness (QED) is 0.841. The Morgan fingerprint density at radius 1 is 1.56 bits per heavy atom. The molecule has 0 amide bonds. The van der Waals surface area contributed by atoms with Crippen molar-refractivity contribution >= 4 is 27.5 Å². The Balaban J connectivity index is 2.00. The van der Waals surface area contributed by atoms with E-state index in [1.807, 2.05) is 6.07 Å². The van der Waals surface area contributed by atoms with Crippen molar-refractivity contribution in [1.29, 1.82) is 0 Å². The van der Waals surface area contributed by atoms with Crippen LogP contribution in [0.5, 0.6) is 0 Å². The van der Waals surface area contributed by atoms with Gasteiger partial charge >= 0.3 is 0 Å². The fourth-order valence-electron chi connectivity index (χ4n) is 2.23. The molecular weight excluding hydrogens is 289 g/mol. The first-order chi connectivity index (χ1) is 7.65. The fraction of sp³-hybridized carbons (Fsp3) is 0.636. The Kier molecular flexibility index (Phi) is 4.16. The van der Waals surface area contributed by atoms with Gasteiger partial charge in [0.1, 0.15) is 0 Å². The van der Waals surface area contributed by atoms with E-state index < -0.39 is 0 Å². The summed E-state index contributed by atoms with van der Waals surface area (Å²) < 4.78 is 0.836. The molecule has 0 spiro atoms. The van der Waals surface area contributed by atoms with E-state index in [4.69, 9.17) is 11.6 Å². The van der Waals surface area contributed by atoms with Gasteiger partial charge in [-0.2, -0.15) is 5.10 Å². The molecule has 3 nitrogen and oxygen atoms in total. The lowest BCUT2D eigenvalue weighted by Crippen LogP contribution is -2.33. The third kappa shape index (κ3) is 3.15. The van der Waals surface area contributed by atoms with Crippen LogP contribution in [0, 0.1) is 5.92 Å². The van der Waals surface area contributed by atoms with Crippen LogP contribution in [-0.2, 0) is 6.42 Å². The highest BCUT2D eigenvalue weighted by atomic mass is 79.9. The average Bonchev–Trinajstić information content (AvgIpc) is 2.24. The van der Waals surface area contributed by atoms with E-state index in [2.05, 4.69) is 38.1 Å². The molecule has 88 valence electrons. The highest BCUT2D eigenvalue weighted by Gasteiger charge is 2.18. The summed E-state index contributed by atoms with van der Waals surface area (Å²) in [4.78, 5) is 2.38. The molecule has 16 heavy (non-hydrogen) atoms. The van der Waals surface area contributed by atoms with Crippen molar-refractivity contribution in [3.8, 4) is 0 Å². The van der Waals surface area contributed by atoms with Crippen LogP contribution >= 0.6 is 27.5 Å². The van der Waals surface area contributed by atoms with Crippen LogP contribution in [0.1, 0.15) is 18.5 Å². The summed E-state index contributed by atoms with van der Waals surface area (Å²) in [6.07, 6.45) is 3.56. The number of hydrogen-bond donors (Lipinski definition) is 0. The third-order valence-electron chi connectivity index (χ3n) is 2.98. The molecule has 2 heterocycles. The standard InChI is InChI=1S/C11H15BrClN3/c1-16-4-2-3-8(7-16)5-9-6-10(12)11(13)15-14-9/h6,8H,2-5,7H2,1H3. The first kappa shape index (κ1) is 12.3. The molecule has 1 saturated heterocycles. The van der Waals surface area contributed by atoms with Crippen LogP contribution in [-0.4, -0.2) is 35.2 Å². The topological polar surface area (TPSA) is 29.0 Å². The van der Waals surface area contributed by atoms with E-state index in [1.54, 1.807) is 0 Å². The van der Waals surface area contributed by atoms with Gasteiger partial charge in [0.15, 0.2) is 5.15 Å². The van der Waals surface area contributed by atoms with Crippen LogP contribution in [0.4, 0.5) is 0 Å². The second-order valence-corrected chi connectivity index (χ2v) is 5.66. The predicted octanol–water partition coefficient (Wildman–Crippen LogP) is 2.78. The Morgan fingerprint density at radius 3 is 3.06 bits per heavy atom. The number of likely N-dealkylation sites (tertiary alicyclic amines) is 1. The smallest absolute Gasteiger partial charge is 0.165 e. The summed E-state index contributed by atoms with van der Waals surface area (Å²) in [5, 5.41) is 8.48. The van der Waals surface area contributed by atoms with Crippen LogP contribution in [0.2, 0.25) is 5.15 Å². The van der Waals surface area contributed by atoms with E-state index in [9.17, 15) is 0 Å². The molecule has 1 aliphatic heterocycles. The monoisotopic (exact) mass is 303 g/mol. The summed E-state index contributed by atoms with van der Waals surface area (Å²) >= 11 is 9.20. The van der Waals surface area contributed by atoms with Crippen molar-refractivity contribution in [2.75, 3.05) is 20.1 Å². The maximum absolute atomic E-state index is 5.82. The van der Waals surface area contributed by atoms with Gasteiger partial charge in [-0.3, -0.25) is 0 Å². The van der Waals surface area contributed by atoms with E-state index in [0.717, 1.165) is 23.1 Å². The van der Waals surface area contributed by atoms with Gasteiger partial charge in [0.2, 0.25) is 0 Å². The summed E-state index contributed by atoms with van der Waals surface area (Å²) in [6.45, 7) is 2.37. The number of hydrogen-bond acceptors (Lipinski definition) is 3. The molecule has 1 aromatic rings. The Morgan fingerprint density at radius 2 is 2.38 bits per heavy atom. The third-order valence-corrected chi connectivity index (χ3v) is 4.09. The molecule has 0 N–H and O–H groups in total. The van der Waals surface area contributed by atoms with Crippen molar-refractivity contribution in [3.05, 3.63) is 21.4 Å². The molecular formula is C11H15BrClN3. The first-order valence-corrected chi connectivity index (χ1v) is 6.68. The Hall–Kier alpha value is -0.190. The summed E-state index contributed by atoms with van der Waals surface area (Å²) in [5.41, 5.74) is 1.02. The molecule has 0 radical (unpaired) electrons. The molecule has 1 atom stereocenters. The van der Waals surface area contributed by atoms with Gasteiger partial charge in [-0.25, -0.2) is 0 Å². The molecule has 1 aliphatic rings. The minimum atomic E-state index is 0.435. The fourth-order valence-corrected chi connectivity index (χ4v) is 2.66. The zero-order valence-corrected chi connectivity index (χ0v) is 11.6. The van der Waals surface area contributed by atoms with E-state index in [-0.39, 0.29) is 0 Å². The molecule has 2 rings (SSSR count). The van der Waals surface area contributed by atoms with Crippen LogP contribution in [0.25, 0.3) is 0 Å². The molecule has 0 saturated carbocycles. The zero-order valence-electron chi connectivity index (χ0n) is 9.29. The van der Waals surface area contributed by atoms with Gasteiger partial charge in [-0.15, -0.1) is 5.10 Å². The maximum Gasteiger partial charge on any atom is 0.165 e.